The number of rotatable bonds is 4. The minimum absolute atomic E-state index is 0.209. The van der Waals surface area contributed by atoms with Crippen LogP contribution in [0.2, 0.25) is 0 Å². The van der Waals surface area contributed by atoms with E-state index in [9.17, 15) is 0 Å². The van der Waals surface area contributed by atoms with Crippen molar-refractivity contribution in [3.63, 3.8) is 0 Å². The Morgan fingerprint density at radius 3 is 2.14 bits per heavy atom. The fraction of sp³-hybridized carbons (Fsp3) is 0.500. The number of hydrogen-bond acceptors (Lipinski definition) is 3. The first-order chi connectivity index (χ1) is 9.77. The average Bonchev–Trinajstić information content (AvgIpc) is 2.84. The summed E-state index contributed by atoms with van der Waals surface area (Å²) >= 11 is 1.71. The summed E-state index contributed by atoms with van der Waals surface area (Å²) < 4.78 is 0. The molecule has 2 aromatic rings. The van der Waals surface area contributed by atoms with Crippen molar-refractivity contribution in [1.29, 1.82) is 0 Å². The third-order valence-electron chi connectivity index (χ3n) is 3.86. The molecule has 0 spiro atoms. The number of thiazole rings is 1. The molecule has 3 heteroatoms. The Hall–Kier alpha value is -1.19. The summed E-state index contributed by atoms with van der Waals surface area (Å²) in [6, 6.07) is 9.54. The van der Waals surface area contributed by atoms with Gasteiger partial charge in [0.1, 0.15) is 0 Å². The van der Waals surface area contributed by atoms with Crippen molar-refractivity contribution in [3.8, 4) is 0 Å². The maximum Gasteiger partial charge on any atom is 0.0898 e. The van der Waals surface area contributed by atoms with Crippen molar-refractivity contribution in [3.05, 3.63) is 51.5 Å². The van der Waals surface area contributed by atoms with Crippen molar-refractivity contribution in [2.75, 3.05) is 0 Å². The number of aryl methyl sites for hydroxylation is 1. The SMILES string of the molecule is Cc1nc(C(C)NC(C)c2ccc(C(C)(C)C)cc2)cs1. The van der Waals surface area contributed by atoms with Gasteiger partial charge in [-0.3, -0.25) is 0 Å². The van der Waals surface area contributed by atoms with E-state index in [1.807, 2.05) is 0 Å². The van der Waals surface area contributed by atoms with E-state index in [1.165, 1.54) is 11.1 Å². The van der Waals surface area contributed by atoms with Gasteiger partial charge in [0, 0.05) is 17.5 Å². The van der Waals surface area contributed by atoms with E-state index >= 15 is 0 Å². The van der Waals surface area contributed by atoms with Crippen molar-refractivity contribution in [2.24, 2.45) is 0 Å². The van der Waals surface area contributed by atoms with Gasteiger partial charge in [-0.2, -0.15) is 0 Å². The van der Waals surface area contributed by atoms with Crippen LogP contribution in [0.15, 0.2) is 29.6 Å². The molecule has 21 heavy (non-hydrogen) atoms. The maximum absolute atomic E-state index is 4.56. The van der Waals surface area contributed by atoms with Gasteiger partial charge in [0.2, 0.25) is 0 Å². The predicted molar refractivity (Wildman–Crippen MR) is 92.0 cm³/mol. The number of aromatic nitrogens is 1. The van der Waals surface area contributed by atoms with E-state index in [-0.39, 0.29) is 11.5 Å². The molecule has 0 aliphatic heterocycles. The molecule has 0 aliphatic carbocycles. The number of hydrogen-bond donors (Lipinski definition) is 1. The summed E-state index contributed by atoms with van der Waals surface area (Å²) in [5.74, 6) is 0. The number of benzene rings is 1. The van der Waals surface area contributed by atoms with Crippen molar-refractivity contribution < 1.29 is 0 Å². The molecule has 0 radical (unpaired) electrons. The zero-order valence-corrected chi connectivity index (χ0v) is 14.7. The van der Waals surface area contributed by atoms with E-state index in [2.05, 4.69) is 81.5 Å². The first-order valence-corrected chi connectivity index (χ1v) is 8.44. The van der Waals surface area contributed by atoms with Gasteiger partial charge >= 0.3 is 0 Å². The van der Waals surface area contributed by atoms with Crippen LogP contribution in [0.25, 0.3) is 0 Å². The lowest BCUT2D eigenvalue weighted by atomic mass is 9.86. The molecule has 0 amide bonds. The fourth-order valence-corrected chi connectivity index (χ4v) is 3.11. The molecular formula is C18H26N2S. The molecule has 2 atom stereocenters. The Kier molecular flexibility index (Phi) is 4.84. The number of nitrogens with one attached hydrogen (secondary N) is 1. The Balaban J connectivity index is 2.04. The quantitative estimate of drug-likeness (QED) is 0.843. The smallest absolute Gasteiger partial charge is 0.0898 e. The van der Waals surface area contributed by atoms with Crippen LogP contribution in [0.5, 0.6) is 0 Å². The van der Waals surface area contributed by atoms with Crippen molar-refractivity contribution >= 4 is 11.3 Å². The molecular weight excluding hydrogens is 276 g/mol. The molecule has 1 aromatic heterocycles. The number of nitrogens with zero attached hydrogens (tertiary/aromatic N) is 1. The highest BCUT2D eigenvalue weighted by Gasteiger charge is 2.16. The molecule has 0 aliphatic rings. The van der Waals surface area contributed by atoms with Gasteiger partial charge in [0.15, 0.2) is 0 Å². The lowest BCUT2D eigenvalue weighted by Crippen LogP contribution is -2.23. The standard InChI is InChI=1S/C18H26N2S/c1-12(19-13(2)17-11-21-14(3)20-17)15-7-9-16(10-8-15)18(4,5)6/h7-13,19H,1-6H3. The van der Waals surface area contributed by atoms with E-state index in [4.69, 9.17) is 0 Å². The molecule has 2 unspecified atom stereocenters. The second-order valence-corrected chi connectivity index (χ2v) is 7.84. The highest BCUT2D eigenvalue weighted by Crippen LogP contribution is 2.25. The summed E-state index contributed by atoms with van der Waals surface area (Å²) in [4.78, 5) is 4.56. The van der Waals surface area contributed by atoms with Gasteiger partial charge in [-0.15, -0.1) is 11.3 Å². The van der Waals surface area contributed by atoms with Crippen LogP contribution in [0, 0.1) is 6.92 Å². The minimum atomic E-state index is 0.209. The molecule has 0 saturated heterocycles. The summed E-state index contributed by atoms with van der Waals surface area (Å²) in [6.07, 6.45) is 0. The molecule has 0 saturated carbocycles. The normalized spacial score (nSPS) is 15.0. The molecule has 1 heterocycles. The van der Waals surface area contributed by atoms with Crippen LogP contribution in [-0.4, -0.2) is 4.98 Å². The molecule has 114 valence electrons. The second-order valence-electron chi connectivity index (χ2n) is 6.77. The van der Waals surface area contributed by atoms with Crippen LogP contribution in [0.4, 0.5) is 0 Å². The second kappa shape index (κ2) is 6.29. The van der Waals surface area contributed by atoms with E-state index in [1.54, 1.807) is 11.3 Å². The van der Waals surface area contributed by atoms with E-state index < -0.39 is 0 Å². The monoisotopic (exact) mass is 302 g/mol. The fourth-order valence-electron chi connectivity index (χ4n) is 2.41. The average molecular weight is 302 g/mol. The lowest BCUT2D eigenvalue weighted by Gasteiger charge is -2.22. The molecule has 0 fully saturated rings. The van der Waals surface area contributed by atoms with Gasteiger partial charge in [0.05, 0.1) is 10.7 Å². The van der Waals surface area contributed by atoms with Crippen LogP contribution in [-0.2, 0) is 5.41 Å². The summed E-state index contributed by atoms with van der Waals surface area (Å²) in [5.41, 5.74) is 4.04. The van der Waals surface area contributed by atoms with Crippen molar-refractivity contribution in [1.82, 2.24) is 10.3 Å². The molecule has 2 nitrogen and oxygen atoms in total. The Morgan fingerprint density at radius 1 is 1.05 bits per heavy atom. The van der Waals surface area contributed by atoms with Gasteiger partial charge < -0.3 is 5.32 Å². The van der Waals surface area contributed by atoms with Gasteiger partial charge in [-0.05, 0) is 37.3 Å². The van der Waals surface area contributed by atoms with Crippen LogP contribution in [0.3, 0.4) is 0 Å². The van der Waals surface area contributed by atoms with Crippen LogP contribution >= 0.6 is 11.3 Å². The Bertz CT molecular complexity index is 578. The highest BCUT2D eigenvalue weighted by atomic mass is 32.1. The zero-order chi connectivity index (χ0) is 15.6. The zero-order valence-electron chi connectivity index (χ0n) is 13.9. The van der Waals surface area contributed by atoms with E-state index in [0.717, 1.165) is 10.7 Å². The third-order valence-corrected chi connectivity index (χ3v) is 4.65. The predicted octanol–water partition coefficient (Wildman–Crippen LogP) is 5.16. The highest BCUT2D eigenvalue weighted by molar-refractivity contribution is 7.09. The third kappa shape index (κ3) is 4.14. The lowest BCUT2D eigenvalue weighted by molar-refractivity contribution is 0.487. The Morgan fingerprint density at radius 2 is 1.67 bits per heavy atom. The Labute approximate surface area is 132 Å². The molecule has 2 rings (SSSR count). The largest absolute Gasteiger partial charge is 0.302 e. The summed E-state index contributed by atoms with van der Waals surface area (Å²) in [6.45, 7) is 13.2. The van der Waals surface area contributed by atoms with Crippen LogP contribution in [0.1, 0.15) is 68.5 Å². The maximum atomic E-state index is 4.56. The van der Waals surface area contributed by atoms with E-state index in [0.29, 0.717) is 6.04 Å². The van der Waals surface area contributed by atoms with Crippen LogP contribution < -0.4 is 5.32 Å². The van der Waals surface area contributed by atoms with Gasteiger partial charge in [0.25, 0.3) is 0 Å². The topological polar surface area (TPSA) is 24.9 Å². The minimum Gasteiger partial charge on any atom is -0.302 e. The summed E-state index contributed by atoms with van der Waals surface area (Å²) in [5, 5.41) is 6.90. The van der Waals surface area contributed by atoms with Crippen molar-refractivity contribution in [2.45, 2.75) is 59.0 Å². The molecule has 1 aromatic carbocycles. The first kappa shape index (κ1) is 16.2. The van der Waals surface area contributed by atoms with Gasteiger partial charge in [-0.1, -0.05) is 45.0 Å². The molecule has 1 N–H and O–H groups in total. The molecule has 0 bridgehead atoms. The first-order valence-electron chi connectivity index (χ1n) is 7.56. The van der Waals surface area contributed by atoms with Gasteiger partial charge in [-0.25, -0.2) is 4.98 Å². The summed E-state index contributed by atoms with van der Waals surface area (Å²) in [7, 11) is 0.